The first-order valence-electron chi connectivity index (χ1n) is 6.24. The number of anilines is 1. The predicted octanol–water partition coefficient (Wildman–Crippen LogP) is 2.73. The zero-order valence-electron chi connectivity index (χ0n) is 10.7. The van der Waals surface area contributed by atoms with E-state index < -0.39 is 0 Å². The summed E-state index contributed by atoms with van der Waals surface area (Å²) in [5.74, 6) is 1.73. The third-order valence-corrected chi connectivity index (χ3v) is 3.11. The van der Waals surface area contributed by atoms with E-state index in [9.17, 15) is 0 Å². The summed E-state index contributed by atoms with van der Waals surface area (Å²) in [6, 6.07) is 10.1. The third kappa shape index (κ3) is 1.70. The van der Waals surface area contributed by atoms with E-state index in [-0.39, 0.29) is 0 Å². The van der Waals surface area contributed by atoms with Gasteiger partial charge in [0.1, 0.15) is 5.82 Å². The van der Waals surface area contributed by atoms with Crippen molar-refractivity contribution in [1.82, 2.24) is 14.4 Å². The number of benzene rings is 1. The van der Waals surface area contributed by atoms with Gasteiger partial charge in [0.05, 0.1) is 11.0 Å². The Morgan fingerprint density at radius 1 is 1.17 bits per heavy atom. The molecule has 0 aliphatic heterocycles. The van der Waals surface area contributed by atoms with Crippen LogP contribution in [0.15, 0.2) is 36.5 Å². The summed E-state index contributed by atoms with van der Waals surface area (Å²) in [6.45, 7) is 3.17. The second kappa shape index (κ2) is 4.29. The monoisotopic (exact) mass is 240 g/mol. The molecule has 0 atom stereocenters. The fourth-order valence-corrected chi connectivity index (χ4v) is 2.20. The van der Waals surface area contributed by atoms with Gasteiger partial charge in [-0.25, -0.2) is 4.98 Å². The minimum absolute atomic E-state index is 0.761. The van der Waals surface area contributed by atoms with Crippen LogP contribution in [0.4, 0.5) is 5.82 Å². The SMILES string of the molecule is CCCN(C)c1ccn2c(n1)nc1ccccc12. The van der Waals surface area contributed by atoms with Crippen LogP contribution < -0.4 is 4.90 Å². The Morgan fingerprint density at radius 3 is 2.83 bits per heavy atom. The minimum Gasteiger partial charge on any atom is -0.360 e. The molecule has 0 fully saturated rings. The van der Waals surface area contributed by atoms with Gasteiger partial charge >= 0.3 is 0 Å². The van der Waals surface area contributed by atoms with E-state index >= 15 is 0 Å². The van der Waals surface area contributed by atoms with Gasteiger partial charge in [-0.1, -0.05) is 19.1 Å². The predicted molar refractivity (Wildman–Crippen MR) is 74.1 cm³/mol. The van der Waals surface area contributed by atoms with Gasteiger partial charge in [0.2, 0.25) is 5.78 Å². The molecule has 3 aromatic rings. The van der Waals surface area contributed by atoms with Gasteiger partial charge in [0.25, 0.3) is 0 Å². The second-order valence-corrected chi connectivity index (χ2v) is 4.48. The number of rotatable bonds is 3. The first-order chi connectivity index (χ1) is 8.79. The Morgan fingerprint density at radius 2 is 2.00 bits per heavy atom. The van der Waals surface area contributed by atoms with E-state index in [1.54, 1.807) is 0 Å². The topological polar surface area (TPSA) is 33.4 Å². The van der Waals surface area contributed by atoms with Crippen LogP contribution in [0.3, 0.4) is 0 Å². The molecule has 0 radical (unpaired) electrons. The van der Waals surface area contributed by atoms with Crippen molar-refractivity contribution in [1.29, 1.82) is 0 Å². The number of hydrogen-bond donors (Lipinski definition) is 0. The number of aromatic nitrogens is 3. The van der Waals surface area contributed by atoms with Crippen molar-refractivity contribution in [3.8, 4) is 0 Å². The summed E-state index contributed by atoms with van der Waals surface area (Å²) in [7, 11) is 2.06. The maximum absolute atomic E-state index is 4.61. The lowest BCUT2D eigenvalue weighted by atomic mass is 10.3. The van der Waals surface area contributed by atoms with Crippen LogP contribution in [0.5, 0.6) is 0 Å². The molecule has 4 heteroatoms. The molecule has 1 aromatic carbocycles. The summed E-state index contributed by atoms with van der Waals surface area (Å²) in [6.07, 6.45) is 3.15. The summed E-state index contributed by atoms with van der Waals surface area (Å²) in [5.41, 5.74) is 2.09. The summed E-state index contributed by atoms with van der Waals surface area (Å²) in [5, 5.41) is 0. The van der Waals surface area contributed by atoms with Crippen molar-refractivity contribution in [2.75, 3.05) is 18.5 Å². The van der Waals surface area contributed by atoms with E-state index in [1.807, 2.05) is 34.9 Å². The van der Waals surface area contributed by atoms with E-state index in [0.29, 0.717) is 0 Å². The summed E-state index contributed by atoms with van der Waals surface area (Å²) in [4.78, 5) is 11.3. The molecule has 4 nitrogen and oxygen atoms in total. The van der Waals surface area contributed by atoms with Crippen molar-refractivity contribution in [3.05, 3.63) is 36.5 Å². The van der Waals surface area contributed by atoms with Crippen LogP contribution in [0, 0.1) is 0 Å². The van der Waals surface area contributed by atoms with Crippen LogP contribution in [0.25, 0.3) is 16.8 Å². The lowest BCUT2D eigenvalue weighted by Crippen LogP contribution is -2.19. The molecular weight excluding hydrogens is 224 g/mol. The highest BCUT2D eigenvalue weighted by Crippen LogP contribution is 2.17. The molecule has 2 heterocycles. The average molecular weight is 240 g/mol. The zero-order chi connectivity index (χ0) is 12.5. The average Bonchev–Trinajstić information content (AvgIpc) is 2.76. The molecule has 92 valence electrons. The molecule has 0 unspecified atom stereocenters. The molecule has 0 saturated heterocycles. The highest BCUT2D eigenvalue weighted by molar-refractivity contribution is 5.79. The third-order valence-electron chi connectivity index (χ3n) is 3.11. The van der Waals surface area contributed by atoms with Gasteiger partial charge in [0.15, 0.2) is 0 Å². The van der Waals surface area contributed by atoms with Crippen LogP contribution in [-0.4, -0.2) is 28.0 Å². The van der Waals surface area contributed by atoms with E-state index in [1.165, 1.54) is 0 Å². The van der Waals surface area contributed by atoms with Crippen LogP contribution >= 0.6 is 0 Å². The molecule has 0 spiro atoms. The Kier molecular flexibility index (Phi) is 2.63. The van der Waals surface area contributed by atoms with Crippen molar-refractivity contribution >= 4 is 22.6 Å². The number of imidazole rings is 1. The first-order valence-corrected chi connectivity index (χ1v) is 6.24. The molecule has 0 aliphatic carbocycles. The molecule has 0 N–H and O–H groups in total. The molecule has 18 heavy (non-hydrogen) atoms. The van der Waals surface area contributed by atoms with Crippen molar-refractivity contribution in [2.24, 2.45) is 0 Å². The number of nitrogens with zero attached hydrogens (tertiary/aromatic N) is 4. The Bertz CT molecular complexity index is 686. The molecule has 0 bridgehead atoms. The molecule has 0 aliphatic rings. The number of fused-ring (bicyclic) bond motifs is 3. The van der Waals surface area contributed by atoms with E-state index in [4.69, 9.17) is 0 Å². The van der Waals surface area contributed by atoms with Gasteiger partial charge < -0.3 is 4.90 Å². The first kappa shape index (κ1) is 11.0. The smallest absolute Gasteiger partial charge is 0.236 e. The van der Waals surface area contributed by atoms with Crippen LogP contribution in [0.1, 0.15) is 13.3 Å². The lowest BCUT2D eigenvalue weighted by Gasteiger charge is -2.16. The highest BCUT2D eigenvalue weighted by atomic mass is 15.2. The maximum Gasteiger partial charge on any atom is 0.236 e. The number of hydrogen-bond acceptors (Lipinski definition) is 3. The number of para-hydroxylation sites is 2. The highest BCUT2D eigenvalue weighted by Gasteiger charge is 2.07. The van der Waals surface area contributed by atoms with E-state index in [0.717, 1.165) is 35.6 Å². The van der Waals surface area contributed by atoms with Crippen LogP contribution in [0.2, 0.25) is 0 Å². The standard InChI is InChI=1S/C14H16N4/c1-3-9-17(2)13-8-10-18-12-7-5-4-6-11(12)15-14(18)16-13/h4-8,10H,3,9H2,1-2H3. The Hall–Kier alpha value is -2.10. The van der Waals surface area contributed by atoms with Gasteiger partial charge in [-0.3, -0.25) is 4.40 Å². The quantitative estimate of drug-likeness (QED) is 0.705. The molecule has 0 saturated carbocycles. The van der Waals surface area contributed by atoms with Crippen molar-refractivity contribution in [3.63, 3.8) is 0 Å². The fraction of sp³-hybridized carbons (Fsp3) is 0.286. The van der Waals surface area contributed by atoms with Gasteiger partial charge in [0, 0.05) is 19.8 Å². The fourth-order valence-electron chi connectivity index (χ4n) is 2.20. The molecule has 0 amide bonds. The van der Waals surface area contributed by atoms with Crippen molar-refractivity contribution < 1.29 is 0 Å². The molecule has 2 aromatic heterocycles. The Labute approximate surface area is 106 Å². The second-order valence-electron chi connectivity index (χ2n) is 4.48. The normalized spacial score (nSPS) is 11.2. The largest absolute Gasteiger partial charge is 0.360 e. The Balaban J connectivity index is 2.15. The van der Waals surface area contributed by atoms with Gasteiger partial charge in [-0.15, -0.1) is 0 Å². The van der Waals surface area contributed by atoms with Crippen molar-refractivity contribution in [2.45, 2.75) is 13.3 Å². The summed E-state index contributed by atoms with van der Waals surface area (Å²) < 4.78 is 2.03. The summed E-state index contributed by atoms with van der Waals surface area (Å²) >= 11 is 0. The zero-order valence-corrected chi connectivity index (χ0v) is 10.7. The van der Waals surface area contributed by atoms with E-state index in [2.05, 4.69) is 34.9 Å². The van der Waals surface area contributed by atoms with Crippen LogP contribution in [-0.2, 0) is 0 Å². The van der Waals surface area contributed by atoms with Gasteiger partial charge in [-0.2, -0.15) is 4.98 Å². The maximum atomic E-state index is 4.61. The molecular formula is C14H16N4. The van der Waals surface area contributed by atoms with Gasteiger partial charge in [-0.05, 0) is 24.6 Å². The lowest BCUT2D eigenvalue weighted by molar-refractivity contribution is 0.836. The molecule has 3 rings (SSSR count). The minimum atomic E-state index is 0.761.